The molecule has 2 aromatic carbocycles. The lowest BCUT2D eigenvalue weighted by Gasteiger charge is -2.31. The van der Waals surface area contributed by atoms with Gasteiger partial charge in [-0.3, -0.25) is 4.72 Å². The first-order valence-corrected chi connectivity index (χ1v) is 13.3. The average Bonchev–Trinajstić information content (AvgIpc) is 3.25. The van der Waals surface area contributed by atoms with Crippen molar-refractivity contribution in [2.24, 2.45) is 0 Å². The van der Waals surface area contributed by atoms with Gasteiger partial charge in [-0.15, -0.1) is 11.3 Å². The number of aromatic carboxylic acids is 1. The summed E-state index contributed by atoms with van der Waals surface area (Å²) in [6.07, 6.45) is 5.54. The standard InChI is InChI=1S/C24H27N3O4S2/c1-3-17-7-8-19(24(28)29)14-23(17)33(30,31)26-20-13-18(22-15-25-16(2)32-22)9-10-21(20)27-11-5-4-6-12-27/h7-10,13-15,26H,3-6,11-12H2,1-2H3,(H,28,29). The molecule has 174 valence electrons. The molecule has 33 heavy (non-hydrogen) atoms. The summed E-state index contributed by atoms with van der Waals surface area (Å²) in [5.41, 5.74) is 2.71. The van der Waals surface area contributed by atoms with Crippen LogP contribution in [0.2, 0.25) is 0 Å². The first-order valence-electron chi connectivity index (χ1n) is 11.0. The molecule has 1 aromatic heterocycles. The number of hydrogen-bond donors (Lipinski definition) is 2. The number of rotatable bonds is 7. The van der Waals surface area contributed by atoms with Crippen molar-refractivity contribution in [2.75, 3.05) is 22.7 Å². The van der Waals surface area contributed by atoms with Crippen LogP contribution in [-0.4, -0.2) is 37.6 Å². The molecule has 0 unspecified atom stereocenters. The second-order valence-electron chi connectivity index (χ2n) is 8.11. The highest BCUT2D eigenvalue weighted by molar-refractivity contribution is 7.92. The monoisotopic (exact) mass is 485 g/mol. The zero-order valence-corrected chi connectivity index (χ0v) is 20.3. The molecular formula is C24H27N3O4S2. The van der Waals surface area contributed by atoms with Crippen molar-refractivity contribution in [1.82, 2.24) is 4.98 Å². The fourth-order valence-corrected chi connectivity index (χ4v) is 6.28. The van der Waals surface area contributed by atoms with Gasteiger partial charge in [0.2, 0.25) is 0 Å². The summed E-state index contributed by atoms with van der Waals surface area (Å²) in [5.74, 6) is -1.16. The van der Waals surface area contributed by atoms with E-state index in [2.05, 4.69) is 14.6 Å². The lowest BCUT2D eigenvalue weighted by molar-refractivity contribution is 0.0696. The summed E-state index contributed by atoms with van der Waals surface area (Å²) in [5, 5.41) is 10.3. The Morgan fingerprint density at radius 3 is 2.55 bits per heavy atom. The van der Waals surface area contributed by atoms with Crippen molar-refractivity contribution >= 4 is 38.7 Å². The van der Waals surface area contributed by atoms with E-state index in [1.54, 1.807) is 23.6 Å². The van der Waals surface area contributed by atoms with Gasteiger partial charge in [0.15, 0.2) is 0 Å². The Morgan fingerprint density at radius 1 is 1.15 bits per heavy atom. The molecule has 0 aliphatic carbocycles. The van der Waals surface area contributed by atoms with Gasteiger partial charge in [0, 0.05) is 19.3 Å². The Balaban J connectivity index is 1.79. The van der Waals surface area contributed by atoms with Gasteiger partial charge < -0.3 is 10.0 Å². The summed E-state index contributed by atoms with van der Waals surface area (Å²) < 4.78 is 29.8. The van der Waals surface area contributed by atoms with Crippen molar-refractivity contribution in [2.45, 2.75) is 44.4 Å². The number of carboxylic acid groups (broad SMARTS) is 1. The highest BCUT2D eigenvalue weighted by Gasteiger charge is 2.24. The van der Waals surface area contributed by atoms with Gasteiger partial charge in [-0.2, -0.15) is 0 Å². The highest BCUT2D eigenvalue weighted by atomic mass is 32.2. The summed E-state index contributed by atoms with van der Waals surface area (Å²) in [6, 6.07) is 10.0. The Morgan fingerprint density at radius 2 is 1.91 bits per heavy atom. The van der Waals surface area contributed by atoms with E-state index in [1.807, 2.05) is 32.0 Å². The van der Waals surface area contributed by atoms with Crippen molar-refractivity contribution in [1.29, 1.82) is 0 Å². The lowest BCUT2D eigenvalue weighted by atomic mass is 10.1. The van der Waals surface area contributed by atoms with Crippen LogP contribution in [-0.2, 0) is 16.4 Å². The molecule has 1 aliphatic heterocycles. The van der Waals surface area contributed by atoms with E-state index in [4.69, 9.17) is 0 Å². The fraction of sp³-hybridized carbons (Fsp3) is 0.333. The van der Waals surface area contributed by atoms with Crippen LogP contribution >= 0.6 is 11.3 Å². The van der Waals surface area contributed by atoms with Gasteiger partial charge >= 0.3 is 5.97 Å². The van der Waals surface area contributed by atoms with Crippen LogP contribution in [0, 0.1) is 6.92 Å². The highest BCUT2D eigenvalue weighted by Crippen LogP contribution is 2.36. The summed E-state index contributed by atoms with van der Waals surface area (Å²) in [7, 11) is -4.02. The Kier molecular flexibility index (Phi) is 6.71. The third kappa shape index (κ3) is 5.04. The molecule has 2 heterocycles. The van der Waals surface area contributed by atoms with E-state index in [1.165, 1.54) is 12.1 Å². The molecule has 1 saturated heterocycles. The van der Waals surface area contributed by atoms with Crippen LogP contribution in [0.25, 0.3) is 10.4 Å². The van der Waals surface area contributed by atoms with Crippen molar-refractivity contribution in [3.05, 3.63) is 58.7 Å². The molecule has 7 nitrogen and oxygen atoms in total. The normalized spacial score (nSPS) is 14.3. The molecule has 1 aliphatic rings. The molecule has 0 spiro atoms. The molecule has 0 atom stereocenters. The van der Waals surface area contributed by atoms with Crippen LogP contribution < -0.4 is 9.62 Å². The van der Waals surface area contributed by atoms with Crippen LogP contribution in [0.15, 0.2) is 47.5 Å². The fourth-order valence-electron chi connectivity index (χ4n) is 4.11. The smallest absolute Gasteiger partial charge is 0.335 e. The minimum atomic E-state index is -4.02. The van der Waals surface area contributed by atoms with Gasteiger partial charge in [0.05, 0.1) is 31.7 Å². The number of aromatic nitrogens is 1. The number of benzene rings is 2. The summed E-state index contributed by atoms with van der Waals surface area (Å²) in [6.45, 7) is 5.51. The predicted molar refractivity (Wildman–Crippen MR) is 132 cm³/mol. The summed E-state index contributed by atoms with van der Waals surface area (Å²) in [4.78, 5) is 19.0. The lowest BCUT2D eigenvalue weighted by Crippen LogP contribution is -2.30. The first kappa shape index (κ1) is 23.3. The van der Waals surface area contributed by atoms with Gasteiger partial charge in [-0.1, -0.05) is 19.1 Å². The Bertz CT molecular complexity index is 1280. The SMILES string of the molecule is CCc1ccc(C(=O)O)cc1S(=O)(=O)Nc1cc(-c2cnc(C)s2)ccc1N1CCCCC1. The van der Waals surface area contributed by atoms with Gasteiger partial charge in [0.1, 0.15) is 0 Å². The maximum Gasteiger partial charge on any atom is 0.335 e. The van der Waals surface area contributed by atoms with E-state index >= 15 is 0 Å². The molecule has 0 radical (unpaired) electrons. The van der Waals surface area contributed by atoms with Gasteiger partial charge in [-0.25, -0.2) is 18.2 Å². The molecule has 2 N–H and O–H groups in total. The second kappa shape index (κ2) is 9.52. The zero-order valence-electron chi connectivity index (χ0n) is 18.7. The number of nitrogens with zero attached hydrogens (tertiary/aromatic N) is 2. The summed E-state index contributed by atoms with van der Waals surface area (Å²) >= 11 is 1.55. The van der Waals surface area contributed by atoms with Crippen molar-refractivity contribution in [3.8, 4) is 10.4 Å². The predicted octanol–water partition coefficient (Wildman–Crippen LogP) is 5.17. The van der Waals surface area contributed by atoms with E-state index in [0.717, 1.165) is 53.5 Å². The maximum absolute atomic E-state index is 13.5. The second-order valence-corrected chi connectivity index (χ2v) is 11.0. The van der Waals surface area contributed by atoms with Crippen molar-refractivity contribution < 1.29 is 18.3 Å². The number of nitrogens with one attached hydrogen (secondary N) is 1. The van der Waals surface area contributed by atoms with Gasteiger partial charge in [0.25, 0.3) is 10.0 Å². The number of hydrogen-bond acceptors (Lipinski definition) is 6. The number of anilines is 2. The van der Waals surface area contributed by atoms with E-state index in [0.29, 0.717) is 17.7 Å². The number of aryl methyl sites for hydroxylation is 2. The first-order chi connectivity index (χ1) is 15.8. The average molecular weight is 486 g/mol. The molecule has 3 aromatic rings. The minimum absolute atomic E-state index is 0.00599. The number of piperidine rings is 1. The molecule has 9 heteroatoms. The van der Waals surface area contributed by atoms with E-state index in [-0.39, 0.29) is 10.5 Å². The Labute approximate surface area is 198 Å². The molecule has 1 fully saturated rings. The van der Waals surface area contributed by atoms with E-state index in [9.17, 15) is 18.3 Å². The third-order valence-electron chi connectivity index (χ3n) is 5.83. The molecular weight excluding hydrogens is 458 g/mol. The number of sulfonamides is 1. The van der Waals surface area contributed by atoms with Crippen molar-refractivity contribution in [3.63, 3.8) is 0 Å². The molecule has 4 rings (SSSR count). The largest absolute Gasteiger partial charge is 0.478 e. The molecule has 0 amide bonds. The molecule has 0 bridgehead atoms. The van der Waals surface area contributed by atoms with Gasteiger partial charge in [-0.05, 0) is 68.0 Å². The minimum Gasteiger partial charge on any atom is -0.478 e. The van der Waals surface area contributed by atoms with E-state index < -0.39 is 16.0 Å². The number of carboxylic acids is 1. The Hall–Kier alpha value is -2.91. The van der Waals surface area contributed by atoms with Crippen LogP contribution in [0.5, 0.6) is 0 Å². The quantitative estimate of drug-likeness (QED) is 0.479. The molecule has 0 saturated carbocycles. The van der Waals surface area contributed by atoms with Crippen LogP contribution in [0.3, 0.4) is 0 Å². The maximum atomic E-state index is 13.5. The van der Waals surface area contributed by atoms with Crippen LogP contribution in [0.4, 0.5) is 11.4 Å². The number of thiazole rings is 1. The van der Waals surface area contributed by atoms with Crippen LogP contribution in [0.1, 0.15) is 47.1 Å². The topological polar surface area (TPSA) is 99.6 Å². The number of carbonyl (C=O) groups is 1. The zero-order chi connectivity index (χ0) is 23.6. The third-order valence-corrected chi connectivity index (χ3v) is 8.24.